The quantitative estimate of drug-likeness (QED) is 0.761. The highest BCUT2D eigenvalue weighted by atomic mass is 32.1. The molecule has 2 aromatic heterocycles. The number of nitrogens with one attached hydrogen (secondary N) is 2. The molecule has 19 heavy (non-hydrogen) atoms. The van der Waals surface area contributed by atoms with E-state index in [-0.39, 0.29) is 5.91 Å². The summed E-state index contributed by atoms with van der Waals surface area (Å²) in [6.45, 7) is 0. The molecule has 0 spiro atoms. The van der Waals surface area contributed by atoms with Crippen LogP contribution in [0.5, 0.6) is 0 Å². The van der Waals surface area contributed by atoms with Crippen LogP contribution >= 0.6 is 11.3 Å². The Morgan fingerprint density at radius 3 is 3.05 bits per heavy atom. The molecule has 7 heteroatoms. The summed E-state index contributed by atoms with van der Waals surface area (Å²) in [6, 6.07) is 7.80. The monoisotopic (exact) mass is 273 g/mol. The lowest BCUT2D eigenvalue weighted by atomic mass is 10.3. The number of nitrogens with zero attached hydrogens (tertiary/aromatic N) is 3. The van der Waals surface area contributed by atoms with Crippen molar-refractivity contribution in [3.05, 3.63) is 35.6 Å². The third-order valence-corrected chi connectivity index (χ3v) is 3.24. The van der Waals surface area contributed by atoms with E-state index in [0.717, 1.165) is 16.9 Å². The van der Waals surface area contributed by atoms with E-state index < -0.39 is 0 Å². The minimum atomic E-state index is -0.0859. The largest absolute Gasteiger partial charge is 0.342 e. The van der Waals surface area contributed by atoms with Crippen LogP contribution < -0.4 is 5.32 Å². The molecular weight excluding hydrogens is 262 g/mol. The first kappa shape index (κ1) is 11.8. The second kappa shape index (κ2) is 5.15. The van der Waals surface area contributed by atoms with Gasteiger partial charge in [0.2, 0.25) is 11.0 Å². The van der Waals surface area contributed by atoms with Gasteiger partial charge >= 0.3 is 0 Å². The van der Waals surface area contributed by atoms with E-state index >= 15 is 0 Å². The summed E-state index contributed by atoms with van der Waals surface area (Å²) in [5.41, 5.74) is 3.48. The predicted molar refractivity (Wildman–Crippen MR) is 73.0 cm³/mol. The van der Waals surface area contributed by atoms with Crippen LogP contribution in [0.3, 0.4) is 0 Å². The van der Waals surface area contributed by atoms with Crippen LogP contribution in [0.2, 0.25) is 0 Å². The van der Waals surface area contributed by atoms with Gasteiger partial charge in [-0.2, -0.15) is 0 Å². The third-order valence-electron chi connectivity index (χ3n) is 2.63. The van der Waals surface area contributed by atoms with Crippen LogP contribution in [0.1, 0.15) is 12.2 Å². The molecule has 0 bridgehead atoms. The fraction of sp³-hybridized carbons (Fsp3) is 0.167. The summed E-state index contributed by atoms with van der Waals surface area (Å²) >= 11 is 1.30. The van der Waals surface area contributed by atoms with Gasteiger partial charge in [0.1, 0.15) is 11.3 Å². The minimum Gasteiger partial charge on any atom is -0.342 e. The molecule has 0 unspecified atom stereocenters. The van der Waals surface area contributed by atoms with Crippen molar-refractivity contribution in [2.45, 2.75) is 12.8 Å². The number of carbonyl (C=O) groups excluding carboxylic acids is 1. The van der Waals surface area contributed by atoms with Crippen LogP contribution in [0.25, 0.3) is 11.0 Å². The molecule has 0 radical (unpaired) electrons. The SMILES string of the molecule is O=C(CCc1nc2ccccc2[nH]1)Nc1nncs1. The molecule has 2 heterocycles. The molecule has 1 amide bonds. The molecule has 0 aliphatic rings. The minimum absolute atomic E-state index is 0.0859. The van der Waals surface area contributed by atoms with Crippen molar-refractivity contribution in [3.63, 3.8) is 0 Å². The van der Waals surface area contributed by atoms with Crippen LogP contribution in [-0.2, 0) is 11.2 Å². The van der Waals surface area contributed by atoms with E-state index in [1.54, 1.807) is 5.51 Å². The molecule has 6 nitrogen and oxygen atoms in total. The zero-order valence-electron chi connectivity index (χ0n) is 9.96. The summed E-state index contributed by atoms with van der Waals surface area (Å²) in [4.78, 5) is 19.3. The van der Waals surface area contributed by atoms with Crippen LogP contribution in [0, 0.1) is 0 Å². The van der Waals surface area contributed by atoms with E-state index in [1.165, 1.54) is 11.3 Å². The zero-order chi connectivity index (χ0) is 13.1. The fourth-order valence-electron chi connectivity index (χ4n) is 1.77. The van der Waals surface area contributed by atoms with E-state index in [2.05, 4.69) is 25.5 Å². The number of fused-ring (bicyclic) bond motifs is 1. The number of carbonyl (C=O) groups is 1. The van der Waals surface area contributed by atoms with Crippen molar-refractivity contribution in [1.29, 1.82) is 0 Å². The number of H-pyrrole nitrogens is 1. The van der Waals surface area contributed by atoms with Gasteiger partial charge in [-0.1, -0.05) is 23.5 Å². The molecule has 2 N–H and O–H groups in total. The zero-order valence-corrected chi connectivity index (χ0v) is 10.8. The number of rotatable bonds is 4. The van der Waals surface area contributed by atoms with E-state index in [1.807, 2.05) is 24.3 Å². The Bertz CT molecular complexity index is 658. The summed E-state index contributed by atoms with van der Waals surface area (Å²) in [5, 5.41) is 10.6. The van der Waals surface area contributed by atoms with Gasteiger partial charge < -0.3 is 10.3 Å². The summed E-state index contributed by atoms with van der Waals surface area (Å²) in [7, 11) is 0. The molecular formula is C12H11N5OS. The number of hydrogen-bond donors (Lipinski definition) is 2. The number of benzene rings is 1. The molecule has 3 aromatic rings. The second-order valence-corrected chi connectivity index (χ2v) is 4.83. The smallest absolute Gasteiger partial charge is 0.226 e. The number of aromatic amines is 1. The van der Waals surface area contributed by atoms with Gasteiger partial charge in [-0.3, -0.25) is 4.79 Å². The Morgan fingerprint density at radius 1 is 1.37 bits per heavy atom. The highest BCUT2D eigenvalue weighted by Crippen LogP contribution is 2.12. The van der Waals surface area contributed by atoms with Gasteiger partial charge in [0.05, 0.1) is 11.0 Å². The molecule has 1 aromatic carbocycles. The van der Waals surface area contributed by atoms with Crippen molar-refractivity contribution in [2.75, 3.05) is 5.32 Å². The lowest BCUT2D eigenvalue weighted by Crippen LogP contribution is -2.12. The Kier molecular flexibility index (Phi) is 3.20. The first-order chi connectivity index (χ1) is 9.31. The maximum absolute atomic E-state index is 11.7. The third kappa shape index (κ3) is 2.76. The number of aryl methyl sites for hydroxylation is 1. The summed E-state index contributed by atoms with van der Waals surface area (Å²) < 4.78 is 0. The maximum atomic E-state index is 11.7. The normalized spacial score (nSPS) is 10.7. The van der Waals surface area contributed by atoms with Crippen LogP contribution in [-0.4, -0.2) is 26.1 Å². The lowest BCUT2D eigenvalue weighted by Gasteiger charge is -1.98. The van der Waals surface area contributed by atoms with Gasteiger partial charge in [-0.05, 0) is 12.1 Å². The second-order valence-electron chi connectivity index (χ2n) is 3.99. The lowest BCUT2D eigenvalue weighted by molar-refractivity contribution is -0.116. The molecule has 3 rings (SSSR count). The van der Waals surface area contributed by atoms with Gasteiger partial charge in [0.15, 0.2) is 0 Å². The van der Waals surface area contributed by atoms with E-state index in [4.69, 9.17) is 0 Å². The van der Waals surface area contributed by atoms with Gasteiger partial charge in [0.25, 0.3) is 0 Å². The van der Waals surface area contributed by atoms with Gasteiger partial charge in [0, 0.05) is 12.8 Å². The first-order valence-corrected chi connectivity index (χ1v) is 6.69. The molecule has 0 aliphatic heterocycles. The number of aromatic nitrogens is 4. The topological polar surface area (TPSA) is 83.6 Å². The van der Waals surface area contributed by atoms with E-state index in [0.29, 0.717) is 18.0 Å². The van der Waals surface area contributed by atoms with Gasteiger partial charge in [-0.25, -0.2) is 4.98 Å². The number of para-hydroxylation sites is 2. The molecule has 0 saturated heterocycles. The standard InChI is InChI=1S/C12H11N5OS/c18-11(16-12-17-13-7-19-12)6-5-10-14-8-3-1-2-4-9(8)15-10/h1-4,7H,5-6H2,(H,14,15)(H,16,17,18). The van der Waals surface area contributed by atoms with Crippen LogP contribution in [0.15, 0.2) is 29.8 Å². The maximum Gasteiger partial charge on any atom is 0.226 e. The Morgan fingerprint density at radius 2 is 2.26 bits per heavy atom. The molecule has 0 saturated carbocycles. The van der Waals surface area contributed by atoms with Crippen molar-refractivity contribution in [1.82, 2.24) is 20.2 Å². The summed E-state index contributed by atoms with van der Waals surface area (Å²) in [5.74, 6) is 0.728. The van der Waals surface area contributed by atoms with Crippen molar-refractivity contribution >= 4 is 33.4 Å². The van der Waals surface area contributed by atoms with Crippen molar-refractivity contribution in [3.8, 4) is 0 Å². The van der Waals surface area contributed by atoms with Crippen LogP contribution in [0.4, 0.5) is 5.13 Å². The Labute approximate surface area is 112 Å². The predicted octanol–water partition coefficient (Wildman–Crippen LogP) is 1.99. The number of amides is 1. The average Bonchev–Trinajstić information content (AvgIpc) is 3.04. The highest BCUT2D eigenvalue weighted by molar-refractivity contribution is 7.13. The molecule has 0 atom stereocenters. The molecule has 0 aliphatic carbocycles. The van der Waals surface area contributed by atoms with Crippen molar-refractivity contribution in [2.24, 2.45) is 0 Å². The number of imidazole rings is 1. The average molecular weight is 273 g/mol. The number of hydrogen-bond acceptors (Lipinski definition) is 5. The molecule has 0 fully saturated rings. The van der Waals surface area contributed by atoms with Gasteiger partial charge in [-0.15, -0.1) is 10.2 Å². The Hall–Kier alpha value is -2.28. The van der Waals surface area contributed by atoms with Crippen molar-refractivity contribution < 1.29 is 4.79 Å². The highest BCUT2D eigenvalue weighted by Gasteiger charge is 2.07. The fourth-order valence-corrected chi connectivity index (χ4v) is 2.23. The van der Waals surface area contributed by atoms with E-state index in [9.17, 15) is 4.79 Å². The molecule has 96 valence electrons. The summed E-state index contributed by atoms with van der Waals surface area (Å²) in [6.07, 6.45) is 0.929. The number of anilines is 1. The Balaban J connectivity index is 1.61. The first-order valence-electron chi connectivity index (χ1n) is 5.81.